The molecule has 0 bridgehead atoms. The van der Waals surface area contributed by atoms with Crippen molar-refractivity contribution in [3.8, 4) is 0 Å². The third-order valence-corrected chi connectivity index (χ3v) is 7.58. The van der Waals surface area contributed by atoms with Gasteiger partial charge in [0, 0.05) is 6.54 Å². The number of rotatable bonds is 6. The Balaban J connectivity index is 1.37. The molecule has 1 aromatic rings. The first-order valence-corrected chi connectivity index (χ1v) is 12.0. The van der Waals surface area contributed by atoms with Gasteiger partial charge in [0.15, 0.2) is 0 Å². The average Bonchev–Trinajstić information content (AvgIpc) is 2.77. The smallest absolute Gasteiger partial charge is 0.237 e. The first kappa shape index (κ1) is 20.9. The van der Waals surface area contributed by atoms with Crippen molar-refractivity contribution in [3.05, 3.63) is 35.4 Å². The topological polar surface area (TPSA) is 52.6 Å². The fraction of sp³-hybridized carbons (Fsp3) is 0.720. The van der Waals surface area contributed by atoms with Gasteiger partial charge in [0.25, 0.3) is 0 Å². The molecule has 1 aromatic carbocycles. The Morgan fingerprint density at radius 3 is 2.59 bits per heavy atom. The SMILES string of the molecule is O=C(CNCCC1(O)CCCCC1)N1CCc2ccccc2C1C1CCCCC1. The molecule has 1 amide bonds. The Morgan fingerprint density at radius 1 is 1.07 bits per heavy atom. The number of aliphatic hydroxyl groups is 1. The highest BCUT2D eigenvalue weighted by atomic mass is 16.3. The number of amides is 1. The molecule has 4 rings (SSSR count). The molecule has 2 N–H and O–H groups in total. The van der Waals surface area contributed by atoms with Crippen molar-refractivity contribution in [1.82, 2.24) is 10.2 Å². The number of hydrogen-bond acceptors (Lipinski definition) is 3. The molecule has 1 aliphatic heterocycles. The zero-order valence-electron chi connectivity index (χ0n) is 17.9. The lowest BCUT2D eigenvalue weighted by atomic mass is 9.77. The maximum absolute atomic E-state index is 13.2. The Hall–Kier alpha value is -1.39. The van der Waals surface area contributed by atoms with Crippen LogP contribution < -0.4 is 5.32 Å². The standard InChI is InChI=1S/C25H38N2O2/c28-23(19-26-17-16-25(29)14-7-2-8-15-25)27-18-13-20-9-5-6-12-22(20)24(27)21-10-3-1-4-11-21/h5-6,9,12,21,24,26,29H,1-4,7-8,10-11,13-19H2. The summed E-state index contributed by atoms with van der Waals surface area (Å²) in [4.78, 5) is 15.4. The number of hydrogen-bond donors (Lipinski definition) is 2. The van der Waals surface area contributed by atoms with Crippen molar-refractivity contribution in [2.24, 2.45) is 5.92 Å². The quantitative estimate of drug-likeness (QED) is 0.700. The van der Waals surface area contributed by atoms with Crippen LogP contribution in [0.1, 0.15) is 87.8 Å². The molecule has 4 nitrogen and oxygen atoms in total. The van der Waals surface area contributed by atoms with Crippen LogP contribution in [0.15, 0.2) is 24.3 Å². The van der Waals surface area contributed by atoms with E-state index in [2.05, 4.69) is 34.5 Å². The molecule has 2 fully saturated rings. The average molecular weight is 399 g/mol. The molecule has 1 heterocycles. The fourth-order valence-electron chi connectivity index (χ4n) is 5.91. The molecule has 0 saturated heterocycles. The monoisotopic (exact) mass is 398 g/mol. The van der Waals surface area contributed by atoms with Crippen LogP contribution >= 0.6 is 0 Å². The van der Waals surface area contributed by atoms with Crippen LogP contribution in [0.4, 0.5) is 0 Å². The first-order valence-electron chi connectivity index (χ1n) is 12.0. The summed E-state index contributed by atoms with van der Waals surface area (Å²) in [6.45, 7) is 1.95. The molecule has 1 atom stereocenters. The summed E-state index contributed by atoms with van der Waals surface area (Å²) in [5, 5.41) is 14.0. The minimum Gasteiger partial charge on any atom is -0.390 e. The first-order chi connectivity index (χ1) is 14.2. The van der Waals surface area contributed by atoms with Gasteiger partial charge in [0.2, 0.25) is 5.91 Å². The Bertz CT molecular complexity index is 677. The van der Waals surface area contributed by atoms with E-state index in [1.165, 1.54) is 49.7 Å². The number of benzene rings is 1. The Morgan fingerprint density at radius 2 is 1.79 bits per heavy atom. The second-order valence-electron chi connectivity index (χ2n) is 9.59. The van der Waals surface area contributed by atoms with Gasteiger partial charge in [-0.2, -0.15) is 0 Å². The molecule has 160 valence electrons. The van der Waals surface area contributed by atoms with Crippen molar-refractivity contribution in [3.63, 3.8) is 0 Å². The van der Waals surface area contributed by atoms with Crippen molar-refractivity contribution in [1.29, 1.82) is 0 Å². The van der Waals surface area contributed by atoms with Crippen LogP contribution in [0, 0.1) is 5.92 Å². The van der Waals surface area contributed by atoms with Gasteiger partial charge >= 0.3 is 0 Å². The molecule has 0 radical (unpaired) electrons. The summed E-state index contributed by atoms with van der Waals surface area (Å²) in [7, 11) is 0. The molecule has 29 heavy (non-hydrogen) atoms. The Labute approximate surface area is 176 Å². The van der Waals surface area contributed by atoms with Crippen LogP contribution in [-0.4, -0.2) is 41.1 Å². The van der Waals surface area contributed by atoms with E-state index in [9.17, 15) is 9.90 Å². The zero-order valence-corrected chi connectivity index (χ0v) is 17.9. The van der Waals surface area contributed by atoms with Crippen molar-refractivity contribution in [2.75, 3.05) is 19.6 Å². The minimum absolute atomic E-state index is 0.228. The maximum Gasteiger partial charge on any atom is 0.237 e. The lowest BCUT2D eigenvalue weighted by Gasteiger charge is -2.43. The van der Waals surface area contributed by atoms with Crippen LogP contribution in [-0.2, 0) is 11.2 Å². The molecule has 0 spiro atoms. The van der Waals surface area contributed by atoms with Crippen molar-refractivity contribution >= 4 is 5.91 Å². The fourth-order valence-corrected chi connectivity index (χ4v) is 5.91. The van der Waals surface area contributed by atoms with E-state index in [1.54, 1.807) is 0 Å². The summed E-state index contributed by atoms with van der Waals surface area (Å²) in [6, 6.07) is 9.00. The minimum atomic E-state index is -0.511. The van der Waals surface area contributed by atoms with E-state index < -0.39 is 5.60 Å². The number of nitrogens with zero attached hydrogens (tertiary/aromatic N) is 1. The highest BCUT2D eigenvalue weighted by Gasteiger charge is 2.36. The molecule has 4 heteroatoms. The summed E-state index contributed by atoms with van der Waals surface area (Å²) in [6.07, 6.45) is 13.5. The molecular weight excluding hydrogens is 360 g/mol. The molecule has 2 aliphatic carbocycles. The summed E-state index contributed by atoms with van der Waals surface area (Å²) in [5.74, 6) is 0.822. The van der Waals surface area contributed by atoms with E-state index in [0.717, 1.165) is 51.6 Å². The van der Waals surface area contributed by atoms with Gasteiger partial charge in [0.1, 0.15) is 0 Å². The van der Waals surface area contributed by atoms with Gasteiger partial charge in [-0.1, -0.05) is 62.8 Å². The van der Waals surface area contributed by atoms with E-state index in [-0.39, 0.29) is 11.9 Å². The summed E-state index contributed by atoms with van der Waals surface area (Å²) < 4.78 is 0. The molecule has 3 aliphatic rings. The van der Waals surface area contributed by atoms with Crippen LogP contribution in [0.3, 0.4) is 0 Å². The second kappa shape index (κ2) is 9.61. The molecule has 0 aromatic heterocycles. The van der Waals surface area contributed by atoms with Gasteiger partial charge in [-0.15, -0.1) is 0 Å². The highest BCUT2D eigenvalue weighted by molar-refractivity contribution is 5.79. The van der Waals surface area contributed by atoms with Crippen LogP contribution in [0.25, 0.3) is 0 Å². The predicted octanol–water partition coefficient (Wildman–Crippen LogP) is 4.37. The maximum atomic E-state index is 13.2. The van der Waals surface area contributed by atoms with Gasteiger partial charge in [-0.25, -0.2) is 0 Å². The largest absolute Gasteiger partial charge is 0.390 e. The predicted molar refractivity (Wildman–Crippen MR) is 117 cm³/mol. The van der Waals surface area contributed by atoms with E-state index >= 15 is 0 Å². The van der Waals surface area contributed by atoms with Gasteiger partial charge in [-0.05, 0) is 62.1 Å². The third kappa shape index (κ3) is 5.03. The Kier molecular flexibility index (Phi) is 6.92. The van der Waals surface area contributed by atoms with Crippen molar-refractivity contribution < 1.29 is 9.90 Å². The molecular formula is C25H38N2O2. The lowest BCUT2D eigenvalue weighted by molar-refractivity contribution is -0.135. The number of fused-ring (bicyclic) bond motifs is 1. The molecule has 1 unspecified atom stereocenters. The number of carbonyl (C=O) groups excluding carboxylic acids is 1. The summed E-state index contributed by atoms with van der Waals surface area (Å²) >= 11 is 0. The second-order valence-corrected chi connectivity index (χ2v) is 9.59. The van der Waals surface area contributed by atoms with Gasteiger partial charge in [-0.3, -0.25) is 4.79 Å². The summed E-state index contributed by atoms with van der Waals surface area (Å²) in [5.41, 5.74) is 2.30. The third-order valence-electron chi connectivity index (χ3n) is 7.58. The van der Waals surface area contributed by atoms with Gasteiger partial charge in [0.05, 0.1) is 18.2 Å². The number of nitrogens with one attached hydrogen (secondary N) is 1. The van der Waals surface area contributed by atoms with Gasteiger partial charge < -0.3 is 15.3 Å². The van der Waals surface area contributed by atoms with E-state index in [1.807, 2.05) is 0 Å². The zero-order chi connectivity index (χ0) is 20.1. The van der Waals surface area contributed by atoms with Crippen LogP contribution in [0.2, 0.25) is 0 Å². The van der Waals surface area contributed by atoms with E-state index in [0.29, 0.717) is 12.5 Å². The number of carbonyl (C=O) groups is 1. The molecule has 2 saturated carbocycles. The van der Waals surface area contributed by atoms with E-state index in [4.69, 9.17) is 0 Å². The lowest BCUT2D eigenvalue weighted by Crippen LogP contribution is -2.47. The van der Waals surface area contributed by atoms with Crippen LogP contribution in [0.5, 0.6) is 0 Å². The normalized spacial score (nSPS) is 24.9. The highest BCUT2D eigenvalue weighted by Crippen LogP contribution is 2.42. The van der Waals surface area contributed by atoms with Crippen molar-refractivity contribution in [2.45, 2.75) is 88.7 Å².